The highest BCUT2D eigenvalue weighted by Crippen LogP contribution is 2.22. The molecule has 0 unspecified atom stereocenters. The number of amides is 1. The summed E-state index contributed by atoms with van der Waals surface area (Å²) in [5, 5.41) is 1.91. The van der Waals surface area contributed by atoms with Gasteiger partial charge in [-0.1, -0.05) is 25.0 Å². The summed E-state index contributed by atoms with van der Waals surface area (Å²) in [6, 6.07) is 8.20. The van der Waals surface area contributed by atoms with Gasteiger partial charge in [0.1, 0.15) is 6.61 Å². The second kappa shape index (κ2) is 7.59. The summed E-state index contributed by atoms with van der Waals surface area (Å²) in [6.45, 7) is 1.96. The summed E-state index contributed by atoms with van der Waals surface area (Å²) in [4.78, 5) is 15.2. The third-order valence-corrected chi connectivity index (χ3v) is 4.96. The Labute approximate surface area is 139 Å². The summed E-state index contributed by atoms with van der Waals surface area (Å²) >= 11 is 1.43. The van der Waals surface area contributed by atoms with Gasteiger partial charge in [-0.25, -0.2) is 4.39 Å². The summed E-state index contributed by atoms with van der Waals surface area (Å²) < 4.78 is 19.0. The van der Waals surface area contributed by atoms with Crippen LogP contribution in [0.5, 0.6) is 5.75 Å². The molecular weight excluding hydrogens is 313 g/mol. The van der Waals surface area contributed by atoms with E-state index in [4.69, 9.17) is 4.74 Å². The zero-order valence-corrected chi connectivity index (χ0v) is 13.8. The molecule has 0 atom stereocenters. The number of ether oxygens (including phenoxy) is 1. The maximum atomic E-state index is 13.5. The number of rotatable bonds is 4. The molecule has 1 fully saturated rings. The number of carbonyl (C=O) groups is 1. The van der Waals surface area contributed by atoms with Crippen LogP contribution >= 0.6 is 11.3 Å². The Morgan fingerprint density at radius 1 is 1.17 bits per heavy atom. The molecule has 1 aliphatic rings. The Balaban J connectivity index is 1.61. The summed E-state index contributed by atoms with van der Waals surface area (Å²) in [7, 11) is 0. The van der Waals surface area contributed by atoms with Crippen LogP contribution in [0.2, 0.25) is 0 Å². The third-order valence-electron chi connectivity index (χ3n) is 3.99. The van der Waals surface area contributed by atoms with Crippen LogP contribution in [0.3, 0.4) is 0 Å². The lowest BCUT2D eigenvalue weighted by molar-refractivity contribution is 0.0766. The van der Waals surface area contributed by atoms with E-state index in [1.807, 2.05) is 16.3 Å². The summed E-state index contributed by atoms with van der Waals surface area (Å²) in [5.74, 6) is -0.0308. The monoisotopic (exact) mass is 333 g/mol. The number of nitrogens with zero attached hydrogens (tertiary/aromatic N) is 1. The molecule has 1 saturated heterocycles. The molecule has 5 heteroatoms. The van der Waals surface area contributed by atoms with E-state index in [0.717, 1.165) is 36.4 Å². The molecule has 122 valence electrons. The average Bonchev–Trinajstić information content (AvgIpc) is 2.87. The van der Waals surface area contributed by atoms with E-state index in [0.29, 0.717) is 0 Å². The minimum atomic E-state index is -0.372. The lowest BCUT2D eigenvalue weighted by Gasteiger charge is -2.19. The molecular formula is C18H20FNO2S. The number of hydrogen-bond donors (Lipinski definition) is 0. The van der Waals surface area contributed by atoms with Crippen molar-refractivity contribution in [3.05, 3.63) is 52.0 Å². The summed E-state index contributed by atoms with van der Waals surface area (Å²) in [6.07, 6.45) is 4.58. The average molecular weight is 333 g/mol. The Morgan fingerprint density at radius 2 is 1.91 bits per heavy atom. The van der Waals surface area contributed by atoms with Crippen LogP contribution in [0.25, 0.3) is 0 Å². The predicted molar refractivity (Wildman–Crippen MR) is 89.4 cm³/mol. The fraction of sp³-hybridized carbons (Fsp3) is 0.389. The Kier molecular flexibility index (Phi) is 5.28. The van der Waals surface area contributed by atoms with Crippen molar-refractivity contribution in [2.75, 3.05) is 13.1 Å². The number of likely N-dealkylation sites (tertiary alicyclic amines) is 1. The first kappa shape index (κ1) is 16.0. The fourth-order valence-electron chi connectivity index (χ4n) is 2.72. The molecule has 1 amide bonds. The highest BCUT2D eigenvalue weighted by Gasteiger charge is 2.19. The molecule has 1 aromatic heterocycles. The molecule has 23 heavy (non-hydrogen) atoms. The van der Waals surface area contributed by atoms with Crippen LogP contribution in [0.1, 0.15) is 40.9 Å². The molecule has 3 rings (SSSR count). The van der Waals surface area contributed by atoms with Crippen molar-refractivity contribution in [1.29, 1.82) is 0 Å². The van der Waals surface area contributed by atoms with Crippen molar-refractivity contribution in [3.63, 3.8) is 0 Å². The molecule has 0 aliphatic carbocycles. The largest absolute Gasteiger partial charge is 0.486 e. The summed E-state index contributed by atoms with van der Waals surface area (Å²) in [5.41, 5.74) is 0.899. The third kappa shape index (κ3) is 4.10. The number of para-hydroxylation sites is 1. The number of benzene rings is 1. The van der Waals surface area contributed by atoms with Crippen molar-refractivity contribution in [2.45, 2.75) is 32.3 Å². The number of hydrogen-bond acceptors (Lipinski definition) is 3. The SMILES string of the molecule is O=C(c1cc(COc2ccccc2F)cs1)N1CCCCCC1. The zero-order chi connectivity index (χ0) is 16.1. The first-order valence-electron chi connectivity index (χ1n) is 7.98. The second-order valence-corrected chi connectivity index (χ2v) is 6.66. The topological polar surface area (TPSA) is 29.5 Å². The van der Waals surface area contributed by atoms with Crippen LogP contribution in [-0.2, 0) is 6.61 Å². The van der Waals surface area contributed by atoms with Gasteiger partial charge in [0.2, 0.25) is 0 Å². The molecule has 1 aromatic carbocycles. The lowest BCUT2D eigenvalue weighted by atomic mass is 10.2. The van der Waals surface area contributed by atoms with Gasteiger partial charge in [-0.05, 0) is 36.4 Å². The second-order valence-electron chi connectivity index (χ2n) is 5.74. The lowest BCUT2D eigenvalue weighted by Crippen LogP contribution is -2.31. The van der Waals surface area contributed by atoms with E-state index in [-0.39, 0.29) is 24.1 Å². The van der Waals surface area contributed by atoms with Crippen molar-refractivity contribution >= 4 is 17.2 Å². The van der Waals surface area contributed by atoms with E-state index >= 15 is 0 Å². The van der Waals surface area contributed by atoms with E-state index < -0.39 is 0 Å². The quantitative estimate of drug-likeness (QED) is 0.825. The molecule has 3 nitrogen and oxygen atoms in total. The molecule has 0 radical (unpaired) electrons. The van der Waals surface area contributed by atoms with Gasteiger partial charge in [0.25, 0.3) is 5.91 Å². The van der Waals surface area contributed by atoms with Crippen LogP contribution in [0.4, 0.5) is 4.39 Å². The van der Waals surface area contributed by atoms with E-state index in [9.17, 15) is 9.18 Å². The standard InChI is InChI=1S/C18H20FNO2S/c19-15-7-3-4-8-16(15)22-12-14-11-17(23-13-14)18(21)20-9-5-1-2-6-10-20/h3-4,7-8,11,13H,1-2,5-6,9-10,12H2. The van der Waals surface area contributed by atoms with Gasteiger partial charge in [0.15, 0.2) is 11.6 Å². The van der Waals surface area contributed by atoms with Crippen LogP contribution in [0.15, 0.2) is 35.7 Å². The molecule has 0 saturated carbocycles. The van der Waals surface area contributed by atoms with Gasteiger partial charge in [-0.15, -0.1) is 11.3 Å². The van der Waals surface area contributed by atoms with Crippen LogP contribution in [-0.4, -0.2) is 23.9 Å². The van der Waals surface area contributed by atoms with Crippen molar-refractivity contribution in [3.8, 4) is 5.75 Å². The predicted octanol–water partition coefficient (Wildman–Crippen LogP) is 4.48. The smallest absolute Gasteiger partial charge is 0.263 e. The van der Waals surface area contributed by atoms with Gasteiger partial charge in [0, 0.05) is 18.7 Å². The van der Waals surface area contributed by atoms with E-state index in [1.165, 1.54) is 30.2 Å². The maximum Gasteiger partial charge on any atom is 0.263 e. The Morgan fingerprint density at radius 3 is 2.65 bits per heavy atom. The molecule has 1 aliphatic heterocycles. The number of halogens is 1. The van der Waals surface area contributed by atoms with Crippen LogP contribution < -0.4 is 4.74 Å². The van der Waals surface area contributed by atoms with Crippen molar-refractivity contribution < 1.29 is 13.9 Å². The van der Waals surface area contributed by atoms with Gasteiger partial charge in [0.05, 0.1) is 4.88 Å². The van der Waals surface area contributed by atoms with Crippen LogP contribution in [0, 0.1) is 5.82 Å². The minimum absolute atomic E-state index is 0.106. The number of thiophene rings is 1. The molecule has 0 bridgehead atoms. The van der Waals surface area contributed by atoms with Gasteiger partial charge in [-0.3, -0.25) is 4.79 Å². The van der Waals surface area contributed by atoms with E-state index in [1.54, 1.807) is 18.2 Å². The van der Waals surface area contributed by atoms with Gasteiger partial charge in [-0.2, -0.15) is 0 Å². The Hall–Kier alpha value is -1.88. The molecule has 0 N–H and O–H groups in total. The maximum absolute atomic E-state index is 13.5. The zero-order valence-electron chi connectivity index (χ0n) is 13.0. The fourth-order valence-corrected chi connectivity index (χ4v) is 3.58. The molecule has 0 spiro atoms. The number of carbonyl (C=O) groups excluding carboxylic acids is 1. The highest BCUT2D eigenvalue weighted by molar-refractivity contribution is 7.12. The molecule has 2 aromatic rings. The van der Waals surface area contributed by atoms with Gasteiger partial charge < -0.3 is 9.64 Å². The van der Waals surface area contributed by atoms with Crippen molar-refractivity contribution in [1.82, 2.24) is 4.90 Å². The molecule has 2 heterocycles. The van der Waals surface area contributed by atoms with E-state index in [2.05, 4.69) is 0 Å². The minimum Gasteiger partial charge on any atom is -0.486 e. The first-order chi connectivity index (χ1) is 11.2. The van der Waals surface area contributed by atoms with Gasteiger partial charge >= 0.3 is 0 Å². The first-order valence-corrected chi connectivity index (χ1v) is 8.86. The Bertz CT molecular complexity index is 663. The van der Waals surface area contributed by atoms with Crippen molar-refractivity contribution in [2.24, 2.45) is 0 Å². The highest BCUT2D eigenvalue weighted by atomic mass is 32.1. The normalized spacial score (nSPS) is 15.3.